The third-order valence-electron chi connectivity index (χ3n) is 2.70. The van der Waals surface area contributed by atoms with Gasteiger partial charge in [0, 0.05) is 15.3 Å². The highest BCUT2D eigenvalue weighted by atomic mass is 35.5. The number of rotatable bonds is 5. The number of halogens is 1. The molecule has 1 unspecified atom stereocenters. The summed E-state index contributed by atoms with van der Waals surface area (Å²) in [5.41, 5.74) is 3.99. The predicted octanol–water partition coefficient (Wildman–Crippen LogP) is 3.16. The number of hydrogen-bond donors (Lipinski definition) is 2. The normalized spacial score (nSPS) is 12.4. The van der Waals surface area contributed by atoms with Gasteiger partial charge >= 0.3 is 0 Å². The summed E-state index contributed by atoms with van der Waals surface area (Å²) in [7, 11) is 1.66. The van der Waals surface area contributed by atoms with Crippen molar-refractivity contribution in [3.8, 4) is 5.75 Å². The number of benzene rings is 1. The van der Waals surface area contributed by atoms with Crippen LogP contribution in [0.25, 0.3) is 0 Å². The molecule has 0 saturated heterocycles. The summed E-state index contributed by atoms with van der Waals surface area (Å²) in [6.07, 6.45) is 0.792. The minimum atomic E-state index is 0.0670. The molecule has 5 heteroatoms. The van der Waals surface area contributed by atoms with Crippen LogP contribution in [0.4, 0.5) is 0 Å². The minimum absolute atomic E-state index is 0.0670. The molecular formula is C13H15ClN2OS. The fraction of sp³-hybridized carbons (Fsp3) is 0.231. The van der Waals surface area contributed by atoms with Gasteiger partial charge in [-0.2, -0.15) is 0 Å². The van der Waals surface area contributed by atoms with E-state index in [-0.39, 0.29) is 6.04 Å². The van der Waals surface area contributed by atoms with Crippen LogP contribution in [-0.4, -0.2) is 7.11 Å². The molecule has 0 fully saturated rings. The molecule has 0 saturated carbocycles. The van der Waals surface area contributed by atoms with Gasteiger partial charge < -0.3 is 4.74 Å². The first-order valence-corrected chi connectivity index (χ1v) is 6.81. The van der Waals surface area contributed by atoms with Gasteiger partial charge in [-0.25, -0.2) is 0 Å². The Morgan fingerprint density at radius 2 is 2.28 bits per heavy atom. The second kappa shape index (κ2) is 6.20. The van der Waals surface area contributed by atoms with Crippen LogP contribution in [0.5, 0.6) is 5.75 Å². The Kier molecular flexibility index (Phi) is 4.60. The van der Waals surface area contributed by atoms with Gasteiger partial charge in [0.25, 0.3) is 0 Å². The molecule has 3 nitrogen and oxygen atoms in total. The van der Waals surface area contributed by atoms with Crippen LogP contribution >= 0.6 is 22.9 Å². The van der Waals surface area contributed by atoms with Crippen molar-refractivity contribution in [2.24, 2.45) is 5.84 Å². The standard InChI is InChI=1S/C13H15ClN2OS/c1-17-11-7-13(18-8-11)12(16-15)6-9-3-2-4-10(14)5-9/h2-5,7-8,12,16H,6,15H2,1H3. The van der Waals surface area contributed by atoms with Crippen molar-refractivity contribution in [1.29, 1.82) is 0 Å². The minimum Gasteiger partial charge on any atom is -0.496 e. The quantitative estimate of drug-likeness (QED) is 0.654. The lowest BCUT2D eigenvalue weighted by Crippen LogP contribution is -2.28. The smallest absolute Gasteiger partial charge is 0.129 e. The third kappa shape index (κ3) is 3.23. The molecule has 2 aromatic rings. The zero-order valence-corrected chi connectivity index (χ0v) is 11.6. The Bertz CT molecular complexity index is 515. The molecule has 1 heterocycles. The van der Waals surface area contributed by atoms with Crippen molar-refractivity contribution in [2.75, 3.05) is 7.11 Å². The summed E-state index contributed by atoms with van der Waals surface area (Å²) in [6, 6.07) is 9.87. The molecule has 0 bridgehead atoms. The van der Waals surface area contributed by atoms with E-state index in [1.807, 2.05) is 35.7 Å². The van der Waals surface area contributed by atoms with Gasteiger partial charge in [-0.3, -0.25) is 11.3 Å². The van der Waals surface area contributed by atoms with E-state index in [1.54, 1.807) is 18.4 Å². The molecular weight excluding hydrogens is 268 g/mol. The summed E-state index contributed by atoms with van der Waals surface area (Å²) < 4.78 is 5.18. The summed E-state index contributed by atoms with van der Waals surface area (Å²) in [5.74, 6) is 6.49. The van der Waals surface area contributed by atoms with Crippen LogP contribution in [0.3, 0.4) is 0 Å². The zero-order valence-electron chi connectivity index (χ0n) is 10.0. The first kappa shape index (κ1) is 13.4. The molecule has 0 aliphatic heterocycles. The summed E-state index contributed by atoms with van der Waals surface area (Å²) in [6.45, 7) is 0. The number of hydrogen-bond acceptors (Lipinski definition) is 4. The average Bonchev–Trinajstić information content (AvgIpc) is 2.84. The molecule has 2 rings (SSSR count). The van der Waals surface area contributed by atoms with Crippen LogP contribution in [0.1, 0.15) is 16.5 Å². The Morgan fingerprint density at radius 1 is 1.44 bits per heavy atom. The number of nitrogens with two attached hydrogens (primary N) is 1. The van der Waals surface area contributed by atoms with Crippen molar-refractivity contribution in [2.45, 2.75) is 12.5 Å². The lowest BCUT2D eigenvalue weighted by molar-refractivity contribution is 0.415. The van der Waals surface area contributed by atoms with Crippen molar-refractivity contribution in [3.05, 3.63) is 51.2 Å². The van der Waals surface area contributed by atoms with Crippen molar-refractivity contribution >= 4 is 22.9 Å². The topological polar surface area (TPSA) is 47.3 Å². The number of hydrazine groups is 1. The summed E-state index contributed by atoms with van der Waals surface area (Å²) in [5, 5.41) is 2.71. The fourth-order valence-corrected chi connectivity index (χ4v) is 2.89. The van der Waals surface area contributed by atoms with E-state index in [0.29, 0.717) is 0 Å². The first-order valence-electron chi connectivity index (χ1n) is 5.56. The van der Waals surface area contributed by atoms with Gasteiger partial charge in [-0.05, 0) is 30.2 Å². The van der Waals surface area contributed by atoms with Crippen molar-refractivity contribution < 1.29 is 4.74 Å². The van der Waals surface area contributed by atoms with Crippen LogP contribution in [-0.2, 0) is 6.42 Å². The highest BCUT2D eigenvalue weighted by Gasteiger charge is 2.13. The molecule has 1 aromatic carbocycles. The molecule has 1 atom stereocenters. The van der Waals surface area contributed by atoms with Crippen LogP contribution in [0.15, 0.2) is 35.7 Å². The first-order chi connectivity index (χ1) is 8.72. The molecule has 96 valence electrons. The lowest BCUT2D eigenvalue weighted by atomic mass is 10.1. The van der Waals surface area contributed by atoms with Crippen LogP contribution in [0, 0.1) is 0 Å². The lowest BCUT2D eigenvalue weighted by Gasteiger charge is -2.14. The number of ether oxygens (including phenoxy) is 1. The second-order valence-electron chi connectivity index (χ2n) is 3.94. The van der Waals surface area contributed by atoms with E-state index in [1.165, 1.54) is 0 Å². The largest absolute Gasteiger partial charge is 0.496 e. The molecule has 0 aliphatic rings. The van der Waals surface area contributed by atoms with Gasteiger partial charge in [0.15, 0.2) is 0 Å². The van der Waals surface area contributed by atoms with Crippen molar-refractivity contribution in [1.82, 2.24) is 5.43 Å². The summed E-state index contributed by atoms with van der Waals surface area (Å²) in [4.78, 5) is 1.15. The Labute approximate surface area is 116 Å². The predicted molar refractivity (Wildman–Crippen MR) is 76.1 cm³/mol. The van der Waals surface area contributed by atoms with E-state index in [2.05, 4.69) is 5.43 Å². The van der Waals surface area contributed by atoms with Crippen LogP contribution in [0.2, 0.25) is 5.02 Å². The molecule has 3 N–H and O–H groups in total. The molecule has 1 aromatic heterocycles. The molecule has 0 radical (unpaired) electrons. The van der Waals surface area contributed by atoms with E-state index in [4.69, 9.17) is 22.2 Å². The molecule has 18 heavy (non-hydrogen) atoms. The highest BCUT2D eigenvalue weighted by Crippen LogP contribution is 2.28. The fourth-order valence-electron chi connectivity index (χ4n) is 1.77. The second-order valence-corrected chi connectivity index (χ2v) is 5.32. The maximum atomic E-state index is 5.98. The van der Waals surface area contributed by atoms with E-state index < -0.39 is 0 Å². The zero-order chi connectivity index (χ0) is 13.0. The number of thiophene rings is 1. The van der Waals surface area contributed by atoms with E-state index in [0.717, 1.165) is 27.6 Å². The van der Waals surface area contributed by atoms with E-state index in [9.17, 15) is 0 Å². The molecule has 0 aliphatic carbocycles. The molecule has 0 spiro atoms. The Balaban J connectivity index is 2.14. The third-order valence-corrected chi connectivity index (χ3v) is 3.96. The Hall–Kier alpha value is -1.07. The van der Waals surface area contributed by atoms with E-state index >= 15 is 0 Å². The maximum absolute atomic E-state index is 5.98. The van der Waals surface area contributed by atoms with Gasteiger partial charge in [-0.1, -0.05) is 23.7 Å². The van der Waals surface area contributed by atoms with Crippen molar-refractivity contribution in [3.63, 3.8) is 0 Å². The monoisotopic (exact) mass is 282 g/mol. The summed E-state index contributed by atoms with van der Waals surface area (Å²) >= 11 is 7.60. The van der Waals surface area contributed by atoms with Gasteiger partial charge in [0.2, 0.25) is 0 Å². The highest BCUT2D eigenvalue weighted by molar-refractivity contribution is 7.10. The Morgan fingerprint density at radius 3 is 2.89 bits per heavy atom. The van der Waals surface area contributed by atoms with Gasteiger partial charge in [0.1, 0.15) is 5.75 Å². The number of nitrogens with one attached hydrogen (secondary N) is 1. The van der Waals surface area contributed by atoms with Gasteiger partial charge in [0.05, 0.1) is 13.2 Å². The van der Waals surface area contributed by atoms with Crippen LogP contribution < -0.4 is 16.0 Å². The maximum Gasteiger partial charge on any atom is 0.129 e. The van der Waals surface area contributed by atoms with Gasteiger partial charge in [-0.15, -0.1) is 11.3 Å². The average molecular weight is 283 g/mol. The SMILES string of the molecule is COc1csc(C(Cc2cccc(Cl)c2)NN)c1. The molecule has 0 amide bonds. The number of methoxy groups -OCH3 is 1.